The second-order valence-electron chi connectivity index (χ2n) is 7.11. The van der Waals surface area contributed by atoms with Gasteiger partial charge >= 0.3 is 0 Å². The average Bonchev–Trinajstić information content (AvgIpc) is 2.79. The van der Waals surface area contributed by atoms with E-state index in [9.17, 15) is 5.26 Å². The van der Waals surface area contributed by atoms with Crippen LogP contribution in [0.1, 0.15) is 23.7 Å². The van der Waals surface area contributed by atoms with Gasteiger partial charge in [0.2, 0.25) is 0 Å². The highest BCUT2D eigenvalue weighted by Gasteiger charge is 2.14. The molecule has 0 radical (unpaired) electrons. The first-order valence-corrected chi connectivity index (χ1v) is 10.5. The summed E-state index contributed by atoms with van der Waals surface area (Å²) in [5, 5.41) is 14.3. The van der Waals surface area contributed by atoms with Gasteiger partial charge in [-0.05, 0) is 55.8 Å². The fourth-order valence-electron chi connectivity index (χ4n) is 3.44. The molecule has 0 spiro atoms. The van der Waals surface area contributed by atoms with Gasteiger partial charge in [0.05, 0.1) is 34.1 Å². The van der Waals surface area contributed by atoms with Crippen molar-refractivity contribution < 1.29 is 9.47 Å². The second-order valence-corrected chi connectivity index (χ2v) is 7.51. The molecule has 0 aliphatic rings. The number of rotatable bonds is 7. The maximum atomic E-state index is 9.66. The molecule has 7 heteroatoms. The maximum absolute atomic E-state index is 9.66. The first kappa shape index (κ1) is 21.4. The summed E-state index contributed by atoms with van der Waals surface area (Å²) in [6.45, 7) is 4.80. The minimum absolute atomic E-state index is 0.322. The Morgan fingerprint density at radius 1 is 1.09 bits per heavy atom. The summed E-state index contributed by atoms with van der Waals surface area (Å²) >= 11 is 6.46. The molecular formula is C25H21ClN4O2. The van der Waals surface area contributed by atoms with Gasteiger partial charge in [0.15, 0.2) is 0 Å². The van der Waals surface area contributed by atoms with E-state index in [2.05, 4.69) is 21.4 Å². The van der Waals surface area contributed by atoms with Gasteiger partial charge in [0.1, 0.15) is 24.2 Å². The minimum atomic E-state index is 0.322. The van der Waals surface area contributed by atoms with Crippen molar-refractivity contribution in [1.82, 2.24) is 9.97 Å². The zero-order valence-electron chi connectivity index (χ0n) is 17.7. The van der Waals surface area contributed by atoms with E-state index in [1.165, 1.54) is 0 Å². The SMILES string of the molecule is CCOc1cc(C)c2c(Nc3ccc(OCc4ccccn4)c(Cl)c3)c(C#N)cnc2c1. The van der Waals surface area contributed by atoms with Gasteiger partial charge in [-0.3, -0.25) is 9.97 Å². The standard InChI is InChI=1S/C25H21ClN4O2/c1-3-31-20-10-16(2)24-22(12-20)29-14-17(13-27)25(24)30-18-7-8-23(21(26)11-18)32-15-19-6-4-5-9-28-19/h4-12,14H,3,15H2,1-2H3,(H,29,30). The van der Waals surface area contributed by atoms with Crippen molar-refractivity contribution in [2.24, 2.45) is 0 Å². The Bertz CT molecular complexity index is 1300. The lowest BCUT2D eigenvalue weighted by molar-refractivity contribution is 0.301. The fourth-order valence-corrected chi connectivity index (χ4v) is 3.67. The molecule has 0 aliphatic carbocycles. The van der Waals surface area contributed by atoms with Crippen LogP contribution in [0.4, 0.5) is 11.4 Å². The number of nitrogens with zero attached hydrogens (tertiary/aromatic N) is 3. The van der Waals surface area contributed by atoms with Crippen LogP contribution in [0, 0.1) is 18.3 Å². The van der Waals surface area contributed by atoms with Gasteiger partial charge in [0, 0.05) is 29.5 Å². The first-order valence-electron chi connectivity index (χ1n) is 10.1. The number of nitrogens with one attached hydrogen (secondary N) is 1. The van der Waals surface area contributed by atoms with E-state index >= 15 is 0 Å². The summed E-state index contributed by atoms with van der Waals surface area (Å²) in [6.07, 6.45) is 3.28. The molecule has 4 aromatic rings. The van der Waals surface area contributed by atoms with Crippen LogP contribution in [0.3, 0.4) is 0 Å². The molecule has 0 saturated heterocycles. The Labute approximate surface area is 191 Å². The van der Waals surface area contributed by atoms with Crippen molar-refractivity contribution in [2.75, 3.05) is 11.9 Å². The number of ether oxygens (including phenoxy) is 2. The Morgan fingerprint density at radius 2 is 1.97 bits per heavy atom. The molecule has 32 heavy (non-hydrogen) atoms. The van der Waals surface area contributed by atoms with E-state index < -0.39 is 0 Å². The van der Waals surface area contributed by atoms with Gasteiger partial charge in [-0.15, -0.1) is 0 Å². The molecule has 1 N–H and O–H groups in total. The summed E-state index contributed by atoms with van der Waals surface area (Å²) in [5.74, 6) is 1.30. The van der Waals surface area contributed by atoms with E-state index in [1.807, 2.05) is 50.2 Å². The lowest BCUT2D eigenvalue weighted by atomic mass is 10.0. The smallest absolute Gasteiger partial charge is 0.138 e. The van der Waals surface area contributed by atoms with Gasteiger partial charge in [0.25, 0.3) is 0 Å². The average molecular weight is 445 g/mol. The monoisotopic (exact) mass is 444 g/mol. The summed E-state index contributed by atoms with van der Waals surface area (Å²) in [5.41, 5.74) is 4.37. The minimum Gasteiger partial charge on any atom is -0.494 e. The van der Waals surface area contributed by atoms with E-state index in [0.29, 0.717) is 35.2 Å². The quantitative estimate of drug-likeness (QED) is 0.366. The highest BCUT2D eigenvalue weighted by Crippen LogP contribution is 2.35. The van der Waals surface area contributed by atoms with Crippen molar-refractivity contribution in [1.29, 1.82) is 5.26 Å². The van der Waals surface area contributed by atoms with Crippen LogP contribution in [0.2, 0.25) is 5.02 Å². The van der Waals surface area contributed by atoms with Crippen molar-refractivity contribution in [2.45, 2.75) is 20.5 Å². The second kappa shape index (κ2) is 9.54. The lowest BCUT2D eigenvalue weighted by Gasteiger charge is -2.15. The fraction of sp³-hybridized carbons (Fsp3) is 0.160. The summed E-state index contributed by atoms with van der Waals surface area (Å²) in [6, 6.07) is 17.1. The Hall–Kier alpha value is -3.82. The Kier molecular flexibility index (Phi) is 6.39. The molecule has 6 nitrogen and oxygen atoms in total. The number of nitriles is 1. The van der Waals surface area contributed by atoms with E-state index in [1.54, 1.807) is 24.5 Å². The third-order valence-electron chi connectivity index (χ3n) is 4.87. The Balaban J connectivity index is 1.64. The molecule has 0 aliphatic heterocycles. The maximum Gasteiger partial charge on any atom is 0.138 e. The van der Waals surface area contributed by atoms with Crippen LogP contribution < -0.4 is 14.8 Å². The van der Waals surface area contributed by atoms with Gasteiger partial charge in [-0.2, -0.15) is 5.26 Å². The molecule has 160 valence electrons. The third kappa shape index (κ3) is 4.58. The number of aromatic nitrogens is 2. The number of pyridine rings is 2. The summed E-state index contributed by atoms with van der Waals surface area (Å²) < 4.78 is 11.4. The molecule has 2 heterocycles. The molecule has 0 unspecified atom stereocenters. The van der Waals surface area contributed by atoms with Gasteiger partial charge < -0.3 is 14.8 Å². The molecule has 0 fully saturated rings. The zero-order valence-corrected chi connectivity index (χ0v) is 18.5. The van der Waals surface area contributed by atoms with Crippen LogP contribution in [0.15, 0.2) is 60.9 Å². The van der Waals surface area contributed by atoms with Crippen molar-refractivity contribution in [3.8, 4) is 17.6 Å². The molecule has 2 aromatic heterocycles. The van der Waals surface area contributed by atoms with E-state index in [4.69, 9.17) is 21.1 Å². The molecule has 2 aromatic carbocycles. The molecule has 0 atom stereocenters. The van der Waals surface area contributed by atoms with Crippen LogP contribution in [0.25, 0.3) is 10.9 Å². The number of aryl methyl sites for hydroxylation is 1. The number of anilines is 2. The molecular weight excluding hydrogens is 424 g/mol. The van der Waals surface area contributed by atoms with Crippen LogP contribution >= 0.6 is 11.6 Å². The number of hydrogen-bond donors (Lipinski definition) is 1. The van der Waals surface area contributed by atoms with Crippen molar-refractivity contribution in [3.63, 3.8) is 0 Å². The van der Waals surface area contributed by atoms with Gasteiger partial charge in [-0.25, -0.2) is 0 Å². The predicted molar refractivity (Wildman–Crippen MR) is 126 cm³/mol. The van der Waals surface area contributed by atoms with E-state index in [-0.39, 0.29) is 0 Å². The largest absolute Gasteiger partial charge is 0.494 e. The highest BCUT2D eigenvalue weighted by atomic mass is 35.5. The van der Waals surface area contributed by atoms with E-state index in [0.717, 1.165) is 33.6 Å². The van der Waals surface area contributed by atoms with Crippen LogP contribution in [-0.2, 0) is 6.61 Å². The first-order chi connectivity index (χ1) is 15.6. The number of benzene rings is 2. The molecule has 0 amide bonds. The Morgan fingerprint density at radius 3 is 2.69 bits per heavy atom. The number of halogens is 1. The normalized spacial score (nSPS) is 10.6. The molecule has 0 bridgehead atoms. The summed E-state index contributed by atoms with van der Waals surface area (Å²) in [4.78, 5) is 8.69. The molecule has 0 saturated carbocycles. The molecule has 4 rings (SSSR count). The third-order valence-corrected chi connectivity index (χ3v) is 5.17. The topological polar surface area (TPSA) is 80.1 Å². The number of hydrogen-bond acceptors (Lipinski definition) is 6. The van der Waals surface area contributed by atoms with Crippen LogP contribution in [0.5, 0.6) is 11.5 Å². The predicted octanol–water partition coefficient (Wildman–Crippen LogP) is 6.18. The summed E-state index contributed by atoms with van der Waals surface area (Å²) in [7, 11) is 0. The zero-order chi connectivity index (χ0) is 22.5. The van der Waals surface area contributed by atoms with Crippen molar-refractivity contribution >= 4 is 33.9 Å². The van der Waals surface area contributed by atoms with Gasteiger partial charge in [-0.1, -0.05) is 17.7 Å². The van der Waals surface area contributed by atoms with Crippen molar-refractivity contribution in [3.05, 3.63) is 82.8 Å². The number of fused-ring (bicyclic) bond motifs is 1. The lowest BCUT2D eigenvalue weighted by Crippen LogP contribution is -2.01. The van der Waals surface area contributed by atoms with Crippen LogP contribution in [-0.4, -0.2) is 16.6 Å². The highest BCUT2D eigenvalue weighted by molar-refractivity contribution is 6.32.